The third kappa shape index (κ3) is 2.79. The lowest BCUT2D eigenvalue weighted by atomic mass is 10.4. The van der Waals surface area contributed by atoms with Crippen LogP contribution >= 0.6 is 0 Å². The van der Waals surface area contributed by atoms with Crippen LogP contribution in [0.15, 0.2) is 42.9 Å². The average Bonchev–Trinajstić information content (AvgIpc) is 3.21. The van der Waals surface area contributed by atoms with E-state index in [0.29, 0.717) is 22.9 Å². The Morgan fingerprint density at radius 2 is 2.17 bits per heavy atom. The number of methoxy groups -OCH3 is 1. The topological polar surface area (TPSA) is 102 Å². The standard InChI is InChI=1S/C15H14N4O4/c1-23-13-3-2-11(7-16-13)19-14(6-12(17-19)15(21)22)18-5-4-10(8-18)9-20/h2-8,20H,9H2,1H3,(H,21,22). The number of pyridine rings is 1. The molecule has 118 valence electrons. The van der Waals surface area contributed by atoms with Gasteiger partial charge >= 0.3 is 5.97 Å². The molecule has 23 heavy (non-hydrogen) atoms. The molecule has 0 amide bonds. The fourth-order valence-corrected chi connectivity index (χ4v) is 2.14. The molecule has 0 spiro atoms. The SMILES string of the molecule is COc1ccc(-n2nc(C(=O)O)cc2-n2ccc(CO)c2)cn1. The predicted molar refractivity (Wildman–Crippen MR) is 80.1 cm³/mol. The maximum Gasteiger partial charge on any atom is 0.356 e. The van der Waals surface area contributed by atoms with E-state index in [-0.39, 0.29) is 12.3 Å². The summed E-state index contributed by atoms with van der Waals surface area (Å²) in [6.45, 7) is -0.100. The first-order valence-electron chi connectivity index (χ1n) is 6.74. The molecule has 0 aromatic carbocycles. The van der Waals surface area contributed by atoms with Gasteiger partial charge in [-0.05, 0) is 17.7 Å². The molecule has 3 heterocycles. The second kappa shape index (κ2) is 5.93. The van der Waals surface area contributed by atoms with Crippen molar-refractivity contribution in [2.24, 2.45) is 0 Å². The quantitative estimate of drug-likeness (QED) is 0.735. The van der Waals surface area contributed by atoms with Gasteiger partial charge in [-0.15, -0.1) is 0 Å². The molecular formula is C15H14N4O4. The first-order chi connectivity index (χ1) is 11.1. The van der Waals surface area contributed by atoms with Crippen molar-refractivity contribution in [1.82, 2.24) is 19.3 Å². The number of carboxylic acid groups (broad SMARTS) is 1. The van der Waals surface area contributed by atoms with Gasteiger partial charge in [0.15, 0.2) is 5.69 Å². The second-order valence-electron chi connectivity index (χ2n) is 4.75. The Bertz CT molecular complexity index is 836. The summed E-state index contributed by atoms with van der Waals surface area (Å²) < 4.78 is 8.17. The summed E-state index contributed by atoms with van der Waals surface area (Å²) in [6.07, 6.45) is 4.97. The van der Waals surface area contributed by atoms with Gasteiger partial charge in [-0.25, -0.2) is 14.5 Å². The number of hydrogen-bond acceptors (Lipinski definition) is 5. The van der Waals surface area contributed by atoms with E-state index in [1.54, 1.807) is 35.2 Å². The summed E-state index contributed by atoms with van der Waals surface area (Å²) in [5.74, 6) is -0.153. The maximum absolute atomic E-state index is 11.2. The molecule has 0 unspecified atom stereocenters. The molecule has 8 nitrogen and oxygen atoms in total. The lowest BCUT2D eigenvalue weighted by Crippen LogP contribution is -2.05. The molecule has 0 saturated heterocycles. The molecule has 0 aliphatic rings. The normalized spacial score (nSPS) is 10.7. The summed E-state index contributed by atoms with van der Waals surface area (Å²) in [5.41, 5.74) is 1.21. The van der Waals surface area contributed by atoms with Crippen LogP contribution in [0, 0.1) is 0 Å². The van der Waals surface area contributed by atoms with Crippen molar-refractivity contribution in [2.75, 3.05) is 7.11 Å². The van der Waals surface area contributed by atoms with Gasteiger partial charge < -0.3 is 19.5 Å². The van der Waals surface area contributed by atoms with E-state index in [1.807, 2.05) is 0 Å². The molecule has 0 atom stereocenters. The van der Waals surface area contributed by atoms with Gasteiger partial charge in [0.2, 0.25) is 5.88 Å². The van der Waals surface area contributed by atoms with E-state index in [2.05, 4.69) is 10.1 Å². The summed E-state index contributed by atoms with van der Waals surface area (Å²) in [4.78, 5) is 15.3. The zero-order chi connectivity index (χ0) is 16.4. The van der Waals surface area contributed by atoms with Gasteiger partial charge in [0.05, 0.1) is 25.6 Å². The van der Waals surface area contributed by atoms with Crippen LogP contribution in [0.2, 0.25) is 0 Å². The molecule has 0 aliphatic carbocycles. The van der Waals surface area contributed by atoms with Crippen LogP contribution in [0.5, 0.6) is 5.88 Å². The molecular weight excluding hydrogens is 300 g/mol. The molecule has 3 aromatic rings. The van der Waals surface area contributed by atoms with Gasteiger partial charge in [-0.3, -0.25) is 0 Å². The summed E-state index contributed by atoms with van der Waals surface area (Å²) in [7, 11) is 1.51. The molecule has 3 rings (SSSR count). The largest absolute Gasteiger partial charge is 0.481 e. The van der Waals surface area contributed by atoms with Crippen molar-refractivity contribution >= 4 is 5.97 Å². The molecule has 3 aromatic heterocycles. The lowest BCUT2D eigenvalue weighted by Gasteiger charge is -2.08. The summed E-state index contributed by atoms with van der Waals surface area (Å²) >= 11 is 0. The maximum atomic E-state index is 11.2. The highest BCUT2D eigenvalue weighted by Crippen LogP contribution is 2.19. The minimum atomic E-state index is -1.12. The van der Waals surface area contributed by atoms with Gasteiger partial charge in [-0.2, -0.15) is 5.10 Å². The first-order valence-corrected chi connectivity index (χ1v) is 6.74. The predicted octanol–water partition coefficient (Wildman–Crippen LogP) is 1.26. The van der Waals surface area contributed by atoms with E-state index in [0.717, 1.165) is 0 Å². The Hall–Kier alpha value is -3.13. The minimum absolute atomic E-state index is 0.0879. The molecule has 0 radical (unpaired) electrons. The molecule has 2 N–H and O–H groups in total. The summed E-state index contributed by atoms with van der Waals surface area (Å²) in [5, 5.41) is 22.5. The van der Waals surface area contributed by atoms with Crippen molar-refractivity contribution < 1.29 is 19.7 Å². The van der Waals surface area contributed by atoms with Crippen LogP contribution in [0.25, 0.3) is 11.5 Å². The number of hydrogen-bond donors (Lipinski definition) is 2. The van der Waals surface area contributed by atoms with E-state index >= 15 is 0 Å². The number of aromatic carboxylic acids is 1. The number of aliphatic hydroxyl groups excluding tert-OH is 1. The number of aromatic nitrogens is 4. The van der Waals surface area contributed by atoms with Crippen LogP contribution < -0.4 is 4.74 Å². The summed E-state index contributed by atoms with van der Waals surface area (Å²) in [6, 6.07) is 6.58. The number of carbonyl (C=O) groups is 1. The van der Waals surface area contributed by atoms with Crippen molar-refractivity contribution in [3.63, 3.8) is 0 Å². The van der Waals surface area contributed by atoms with Crippen molar-refractivity contribution in [2.45, 2.75) is 6.61 Å². The Morgan fingerprint density at radius 3 is 2.74 bits per heavy atom. The smallest absolute Gasteiger partial charge is 0.356 e. The van der Waals surface area contributed by atoms with Crippen molar-refractivity contribution in [3.8, 4) is 17.4 Å². The van der Waals surface area contributed by atoms with Crippen molar-refractivity contribution in [1.29, 1.82) is 0 Å². The number of nitrogens with zero attached hydrogens (tertiary/aromatic N) is 4. The van der Waals surface area contributed by atoms with Gasteiger partial charge in [0, 0.05) is 24.5 Å². The Morgan fingerprint density at radius 1 is 1.35 bits per heavy atom. The molecule has 0 bridgehead atoms. The fraction of sp³-hybridized carbons (Fsp3) is 0.133. The Labute approximate surface area is 131 Å². The Balaban J connectivity index is 2.11. The molecule has 0 saturated carbocycles. The van der Waals surface area contributed by atoms with Gasteiger partial charge in [0.25, 0.3) is 0 Å². The van der Waals surface area contributed by atoms with Gasteiger partial charge in [-0.1, -0.05) is 0 Å². The van der Waals surface area contributed by atoms with Crippen LogP contribution in [0.3, 0.4) is 0 Å². The molecule has 0 fully saturated rings. The highest BCUT2D eigenvalue weighted by atomic mass is 16.5. The third-order valence-electron chi connectivity index (χ3n) is 3.29. The second-order valence-corrected chi connectivity index (χ2v) is 4.75. The van der Waals surface area contributed by atoms with Crippen LogP contribution in [-0.2, 0) is 6.61 Å². The average molecular weight is 314 g/mol. The van der Waals surface area contributed by atoms with E-state index < -0.39 is 5.97 Å². The zero-order valence-electron chi connectivity index (χ0n) is 12.2. The lowest BCUT2D eigenvalue weighted by molar-refractivity contribution is 0.0690. The highest BCUT2D eigenvalue weighted by Gasteiger charge is 2.16. The van der Waals surface area contributed by atoms with Gasteiger partial charge in [0.1, 0.15) is 5.82 Å². The van der Waals surface area contributed by atoms with Crippen LogP contribution in [0.1, 0.15) is 16.1 Å². The highest BCUT2D eigenvalue weighted by molar-refractivity contribution is 5.86. The molecule has 0 aliphatic heterocycles. The number of ether oxygens (including phenoxy) is 1. The van der Waals surface area contributed by atoms with Crippen LogP contribution in [0.4, 0.5) is 0 Å². The first kappa shape index (κ1) is 14.8. The van der Waals surface area contributed by atoms with Crippen molar-refractivity contribution in [3.05, 3.63) is 54.1 Å². The van der Waals surface area contributed by atoms with Crippen LogP contribution in [-0.4, -0.2) is 42.6 Å². The van der Waals surface area contributed by atoms with E-state index in [4.69, 9.17) is 4.74 Å². The number of rotatable bonds is 5. The third-order valence-corrected chi connectivity index (χ3v) is 3.29. The fourth-order valence-electron chi connectivity index (χ4n) is 2.14. The minimum Gasteiger partial charge on any atom is -0.481 e. The van der Waals surface area contributed by atoms with E-state index in [1.165, 1.54) is 24.1 Å². The Kier molecular flexibility index (Phi) is 3.82. The number of aliphatic hydroxyl groups is 1. The number of carboxylic acids is 1. The monoisotopic (exact) mass is 314 g/mol. The zero-order valence-corrected chi connectivity index (χ0v) is 12.2. The van der Waals surface area contributed by atoms with E-state index in [9.17, 15) is 15.0 Å². The molecule has 8 heteroatoms.